The van der Waals surface area contributed by atoms with Gasteiger partial charge < -0.3 is 31.2 Å². The van der Waals surface area contributed by atoms with E-state index in [1.54, 1.807) is 50.1 Å². The summed E-state index contributed by atoms with van der Waals surface area (Å²) in [6.07, 6.45) is 28.1. The maximum Gasteiger partial charge on any atom is 3.00 e. The summed E-state index contributed by atoms with van der Waals surface area (Å²) in [5.41, 5.74) is 16.0. The molecule has 295 valence electrons. The van der Waals surface area contributed by atoms with E-state index in [1.807, 2.05) is 0 Å². The molecule has 15 rings (SSSR count). The van der Waals surface area contributed by atoms with Gasteiger partial charge in [0.15, 0.2) is 0 Å². The molecule has 3 aromatic rings. The van der Waals surface area contributed by atoms with Gasteiger partial charge in [-0.3, -0.25) is 0 Å². The van der Waals surface area contributed by atoms with E-state index in [1.165, 1.54) is 89.9 Å². The Labute approximate surface area is 375 Å². The molecule has 0 heterocycles. The van der Waals surface area contributed by atoms with E-state index < -0.39 is 0 Å². The Hall–Kier alpha value is -1.40. The van der Waals surface area contributed by atoms with Crippen molar-refractivity contribution < 1.29 is 51.0 Å². The summed E-state index contributed by atoms with van der Waals surface area (Å²) in [5, 5.41) is 0. The van der Waals surface area contributed by atoms with Crippen LogP contribution in [0, 0.1) is 65.1 Å². The maximum absolute atomic E-state index is 2.89. The van der Waals surface area contributed by atoms with E-state index in [-0.39, 0.29) is 56.4 Å². The van der Waals surface area contributed by atoms with Crippen LogP contribution in [0.2, 0.25) is 0 Å². The number of halogens is 2. The van der Waals surface area contributed by atoms with E-state index in [0.717, 1.165) is 41.4 Å². The largest absolute Gasteiger partial charge is 3.00 e. The zero-order valence-electron chi connectivity index (χ0n) is 34.5. The van der Waals surface area contributed by atoms with Gasteiger partial charge in [0.1, 0.15) is 0 Å². The Bertz CT molecular complexity index is 1990. The molecule has 0 nitrogen and oxygen atoms in total. The molecular weight excluding hydrogens is 811 g/mol. The molecule has 12 aliphatic carbocycles. The quantitative estimate of drug-likeness (QED) is 0.239. The fourth-order valence-corrected chi connectivity index (χ4v) is 17.7. The van der Waals surface area contributed by atoms with Crippen molar-refractivity contribution >= 4 is 0 Å². The standard InChI is InChI=1S/C54H61.2ClH.Zr/c1-51(2,3)41-24-47-42-10-7-11-48(42)54(49(47)25-41,38-8-5-4-6-9-38)50-43-14-12-39(52-26-32-16-33(27-52)18-34(17-32)28-52)22-45(43)46-23-40(13-15-44(46)50)53-29-35-19-36(30-53)21-37(20-35)31-53;;;/h4-9,11-15,22-23,26,32-37,41,47,49-50H,10,16-21,24-25,27-31H2,1-3H3;2*1H;/q-1;;;+3/p-2. The van der Waals surface area contributed by atoms with Gasteiger partial charge in [-0.05, 0) is 161 Å². The molecule has 7 unspecified atom stereocenters. The topological polar surface area (TPSA) is 0 Å². The summed E-state index contributed by atoms with van der Waals surface area (Å²) in [7, 11) is 0. The number of hydrogen-bond donors (Lipinski definition) is 0. The minimum absolute atomic E-state index is 0. The number of allylic oxidation sites excluding steroid dienone is 4. The third-order valence-electron chi connectivity index (χ3n) is 19.0. The first-order valence-electron chi connectivity index (χ1n) is 22.8. The molecular formula is C54H61Cl2Zr. The van der Waals surface area contributed by atoms with E-state index in [4.69, 9.17) is 0 Å². The minimum Gasteiger partial charge on any atom is -1.00 e. The predicted molar refractivity (Wildman–Crippen MR) is 221 cm³/mol. The van der Waals surface area contributed by atoms with E-state index in [0.29, 0.717) is 34.0 Å². The second-order valence-corrected chi connectivity index (χ2v) is 22.7. The number of benzene rings is 3. The average Bonchev–Trinajstić information content (AvgIpc) is 3.92. The predicted octanol–water partition coefficient (Wildman–Crippen LogP) is 7.45. The molecule has 8 bridgehead atoms. The first-order chi connectivity index (χ1) is 26.2. The van der Waals surface area contributed by atoms with Crippen LogP contribution in [0.15, 0.2) is 90.0 Å². The van der Waals surface area contributed by atoms with Crippen LogP contribution >= 0.6 is 0 Å². The minimum atomic E-state index is -0.0369. The van der Waals surface area contributed by atoms with E-state index in [2.05, 4.69) is 106 Å². The van der Waals surface area contributed by atoms with Crippen molar-refractivity contribution in [3.8, 4) is 11.1 Å². The summed E-state index contributed by atoms with van der Waals surface area (Å²) in [4.78, 5) is 0. The molecule has 3 heteroatoms. The van der Waals surface area contributed by atoms with Gasteiger partial charge in [0.25, 0.3) is 0 Å². The maximum atomic E-state index is 2.89. The monoisotopic (exact) mass is 869 g/mol. The molecule has 7 atom stereocenters. The molecule has 0 aliphatic heterocycles. The Morgan fingerprint density at radius 1 is 0.614 bits per heavy atom. The number of hydrogen-bond acceptors (Lipinski definition) is 0. The van der Waals surface area contributed by atoms with Crippen LogP contribution in [0.5, 0.6) is 0 Å². The summed E-state index contributed by atoms with van der Waals surface area (Å²) < 4.78 is 0. The molecule has 0 saturated heterocycles. The van der Waals surface area contributed by atoms with Gasteiger partial charge in [0.05, 0.1) is 0 Å². The Balaban J connectivity index is 0.00000132. The third kappa shape index (κ3) is 5.44. The van der Waals surface area contributed by atoms with E-state index >= 15 is 0 Å². The van der Waals surface area contributed by atoms with Gasteiger partial charge in [-0.25, -0.2) is 0 Å². The SMILES string of the molecule is CC(C)(C)C1CC2C3=C(C=CC3)C(c3ccccc3)(C3c4ccc(C56[CH-]C7CC(CC(C7)C5)C6)cc4-c4cc(C56CC7CC(CC(C7)C5)C6)ccc43)C2C1.[Cl-].[Cl-].[Zr+3]. The Morgan fingerprint density at radius 2 is 1.19 bits per heavy atom. The Kier molecular flexibility index (Phi) is 9.44. The zero-order chi connectivity index (χ0) is 35.8. The smallest absolute Gasteiger partial charge is 1.00 e. The number of rotatable bonds is 4. The van der Waals surface area contributed by atoms with Crippen LogP contribution in [0.4, 0.5) is 0 Å². The normalized spacial score (nSPS) is 41.9. The van der Waals surface area contributed by atoms with Crippen LogP contribution in [0.1, 0.15) is 144 Å². The van der Waals surface area contributed by atoms with Crippen molar-refractivity contribution in [2.45, 2.75) is 133 Å². The first-order valence-corrected chi connectivity index (χ1v) is 22.8. The Morgan fingerprint density at radius 3 is 1.79 bits per heavy atom. The molecule has 9 saturated carbocycles. The average molecular weight is 872 g/mol. The number of fused-ring (bicyclic) bond motifs is 5. The molecule has 0 amide bonds. The van der Waals surface area contributed by atoms with Gasteiger partial charge in [0.2, 0.25) is 0 Å². The third-order valence-corrected chi connectivity index (χ3v) is 19.0. The van der Waals surface area contributed by atoms with Gasteiger partial charge >= 0.3 is 26.2 Å². The van der Waals surface area contributed by atoms with Crippen LogP contribution in [-0.4, -0.2) is 0 Å². The van der Waals surface area contributed by atoms with Crippen molar-refractivity contribution in [1.29, 1.82) is 0 Å². The second-order valence-electron chi connectivity index (χ2n) is 22.7. The molecule has 57 heavy (non-hydrogen) atoms. The second kappa shape index (κ2) is 13.6. The van der Waals surface area contributed by atoms with Crippen LogP contribution < -0.4 is 24.8 Å². The van der Waals surface area contributed by atoms with Crippen molar-refractivity contribution in [1.82, 2.24) is 0 Å². The summed E-state index contributed by atoms with van der Waals surface area (Å²) in [6.45, 7) is 7.58. The summed E-state index contributed by atoms with van der Waals surface area (Å²) in [5.74, 6) is 8.09. The van der Waals surface area contributed by atoms with Crippen molar-refractivity contribution in [2.24, 2.45) is 58.7 Å². The van der Waals surface area contributed by atoms with Gasteiger partial charge in [-0.15, -0.1) is 5.41 Å². The molecule has 3 aromatic carbocycles. The first kappa shape index (κ1) is 39.7. The van der Waals surface area contributed by atoms with Crippen LogP contribution in [-0.2, 0) is 42.4 Å². The molecule has 0 spiro atoms. The van der Waals surface area contributed by atoms with Crippen molar-refractivity contribution in [2.75, 3.05) is 0 Å². The van der Waals surface area contributed by atoms with Crippen molar-refractivity contribution in [3.05, 3.63) is 124 Å². The fraction of sp³-hybridized carbons (Fsp3) is 0.574. The fourth-order valence-electron chi connectivity index (χ4n) is 17.7. The molecule has 0 aromatic heterocycles. The van der Waals surface area contributed by atoms with Crippen molar-refractivity contribution in [3.63, 3.8) is 0 Å². The van der Waals surface area contributed by atoms with E-state index in [9.17, 15) is 0 Å². The molecule has 12 aliphatic rings. The van der Waals surface area contributed by atoms with Gasteiger partial charge in [-0.1, -0.05) is 136 Å². The van der Waals surface area contributed by atoms with Crippen LogP contribution in [0.25, 0.3) is 11.1 Å². The molecule has 9 fully saturated rings. The van der Waals surface area contributed by atoms with Gasteiger partial charge in [-0.2, -0.15) is 5.92 Å². The summed E-state index contributed by atoms with van der Waals surface area (Å²) >= 11 is 0. The molecule has 1 radical (unpaired) electrons. The summed E-state index contributed by atoms with van der Waals surface area (Å²) in [6, 6.07) is 28.6. The van der Waals surface area contributed by atoms with Crippen LogP contribution in [0.3, 0.4) is 0 Å². The zero-order valence-corrected chi connectivity index (χ0v) is 38.5. The molecule has 0 N–H and O–H groups in total. The van der Waals surface area contributed by atoms with Gasteiger partial charge in [0, 0.05) is 11.3 Å².